The number of hydrogen-bond acceptors (Lipinski definition) is 5. The van der Waals surface area contributed by atoms with Crippen molar-refractivity contribution in [1.29, 1.82) is 0 Å². The summed E-state index contributed by atoms with van der Waals surface area (Å²) in [6, 6.07) is 0. The predicted octanol–water partition coefficient (Wildman–Crippen LogP) is 20.2. The van der Waals surface area contributed by atoms with Crippen molar-refractivity contribution in [3.63, 3.8) is 0 Å². The smallest absolute Gasteiger partial charge is 0.139 e. The molecule has 0 aliphatic rings. The van der Waals surface area contributed by atoms with Gasteiger partial charge in [-0.05, 0) is 19.3 Å². The molecule has 2 N–H and O–H groups in total. The molecule has 0 rings (SSSR count). The summed E-state index contributed by atoms with van der Waals surface area (Å²) in [5.41, 5.74) is 0. The van der Waals surface area contributed by atoms with Gasteiger partial charge in [0.25, 0.3) is 0 Å². The second kappa shape index (κ2) is 57.1. The minimum Gasteiger partial charge on any atom is -0.394 e. The van der Waals surface area contributed by atoms with E-state index in [2.05, 4.69) is 20.8 Å². The van der Waals surface area contributed by atoms with Crippen LogP contribution in [0.4, 0.5) is 0 Å². The molecular formula is C63H124O5. The van der Waals surface area contributed by atoms with Gasteiger partial charge in [-0.15, -0.1) is 0 Å². The molecule has 0 aliphatic heterocycles. The maximum Gasteiger partial charge on any atom is 0.139 e. The lowest BCUT2D eigenvalue weighted by atomic mass is 9.85. The SMILES string of the molecule is CCCCCCCCCCCCCCCCCCCC(=O)CC(C(=O)CCCCCCCCCCCCCCCCCCC)C(CCCCCCCCCCCCCCCCC)OCC(O)CO. The Kier molecular flexibility index (Phi) is 56.5. The van der Waals surface area contributed by atoms with Crippen LogP contribution < -0.4 is 0 Å². The van der Waals surface area contributed by atoms with Crippen molar-refractivity contribution in [1.82, 2.24) is 0 Å². The van der Waals surface area contributed by atoms with Crippen molar-refractivity contribution in [2.24, 2.45) is 5.92 Å². The van der Waals surface area contributed by atoms with E-state index in [0.29, 0.717) is 12.8 Å². The van der Waals surface area contributed by atoms with Crippen LogP contribution in [-0.4, -0.2) is 47.2 Å². The van der Waals surface area contributed by atoms with Crippen molar-refractivity contribution in [3.8, 4) is 0 Å². The summed E-state index contributed by atoms with van der Waals surface area (Å²) in [5.74, 6) is -0.0856. The summed E-state index contributed by atoms with van der Waals surface area (Å²) >= 11 is 0. The van der Waals surface area contributed by atoms with Gasteiger partial charge in [0.1, 0.15) is 17.7 Å². The van der Waals surface area contributed by atoms with Crippen molar-refractivity contribution < 1.29 is 24.5 Å². The Morgan fingerprint density at radius 3 is 0.882 bits per heavy atom. The predicted molar refractivity (Wildman–Crippen MR) is 298 cm³/mol. The molecular weight excluding hydrogens is 837 g/mol. The molecule has 0 amide bonds. The molecule has 3 unspecified atom stereocenters. The quantitative estimate of drug-likeness (QED) is 0.0594. The van der Waals surface area contributed by atoms with E-state index in [1.165, 1.54) is 276 Å². The molecule has 0 spiro atoms. The molecule has 0 aromatic carbocycles. The zero-order chi connectivity index (χ0) is 49.5. The highest BCUT2D eigenvalue weighted by molar-refractivity contribution is 5.88. The van der Waals surface area contributed by atoms with Crippen molar-refractivity contribution in [2.45, 2.75) is 373 Å². The van der Waals surface area contributed by atoms with E-state index in [9.17, 15) is 19.8 Å². The van der Waals surface area contributed by atoms with Crippen LogP contribution in [0, 0.1) is 5.92 Å². The first-order valence-electron chi connectivity index (χ1n) is 31.4. The summed E-state index contributed by atoms with van der Waals surface area (Å²) in [6.07, 6.45) is 65.1. The van der Waals surface area contributed by atoms with Crippen LogP contribution in [0.2, 0.25) is 0 Å². The summed E-state index contributed by atoms with van der Waals surface area (Å²) in [7, 11) is 0. The number of ether oxygens (including phenoxy) is 1. The number of Topliss-reactive ketones (excluding diaryl/α,β-unsaturated/α-hetero) is 2. The van der Waals surface area contributed by atoms with Crippen LogP contribution >= 0.6 is 0 Å². The fourth-order valence-corrected chi connectivity index (χ4v) is 10.5. The van der Waals surface area contributed by atoms with Gasteiger partial charge in [0.2, 0.25) is 0 Å². The molecule has 68 heavy (non-hydrogen) atoms. The molecule has 5 heteroatoms. The number of aliphatic hydroxyl groups excluding tert-OH is 2. The van der Waals surface area contributed by atoms with Crippen LogP contribution in [0.5, 0.6) is 0 Å². The number of aliphatic hydroxyl groups is 2. The zero-order valence-corrected chi connectivity index (χ0v) is 46.7. The van der Waals surface area contributed by atoms with Crippen LogP contribution in [0.15, 0.2) is 0 Å². The Balaban J connectivity index is 4.78. The Morgan fingerprint density at radius 2 is 0.603 bits per heavy atom. The number of hydrogen-bond donors (Lipinski definition) is 2. The van der Waals surface area contributed by atoms with Gasteiger partial charge >= 0.3 is 0 Å². The second-order valence-corrected chi connectivity index (χ2v) is 22.1. The van der Waals surface area contributed by atoms with E-state index in [-0.39, 0.29) is 37.3 Å². The van der Waals surface area contributed by atoms with E-state index in [4.69, 9.17) is 4.74 Å². The van der Waals surface area contributed by atoms with E-state index in [0.717, 1.165) is 44.9 Å². The fraction of sp³-hybridized carbons (Fsp3) is 0.968. The molecule has 406 valence electrons. The molecule has 5 nitrogen and oxygen atoms in total. The Morgan fingerprint density at radius 1 is 0.353 bits per heavy atom. The van der Waals surface area contributed by atoms with Crippen molar-refractivity contribution >= 4 is 11.6 Å². The third-order valence-corrected chi connectivity index (χ3v) is 15.2. The minimum atomic E-state index is -0.968. The van der Waals surface area contributed by atoms with Crippen molar-refractivity contribution in [3.05, 3.63) is 0 Å². The minimum absolute atomic E-state index is 0.0101. The largest absolute Gasteiger partial charge is 0.394 e. The Hall–Kier alpha value is -0.780. The van der Waals surface area contributed by atoms with Gasteiger partial charge in [-0.1, -0.05) is 323 Å². The lowest BCUT2D eigenvalue weighted by Gasteiger charge is -2.27. The van der Waals surface area contributed by atoms with Crippen LogP contribution in [0.1, 0.15) is 361 Å². The number of unbranched alkanes of at least 4 members (excludes halogenated alkanes) is 46. The molecule has 0 fully saturated rings. The zero-order valence-electron chi connectivity index (χ0n) is 46.7. The van der Waals surface area contributed by atoms with Crippen LogP contribution in [0.25, 0.3) is 0 Å². The lowest BCUT2D eigenvalue weighted by Crippen LogP contribution is -2.35. The molecule has 0 aromatic heterocycles. The second-order valence-electron chi connectivity index (χ2n) is 22.1. The van der Waals surface area contributed by atoms with Crippen LogP contribution in [0.3, 0.4) is 0 Å². The van der Waals surface area contributed by atoms with Crippen LogP contribution in [-0.2, 0) is 14.3 Å². The highest BCUT2D eigenvalue weighted by Crippen LogP contribution is 2.26. The van der Waals surface area contributed by atoms with E-state index < -0.39 is 12.0 Å². The van der Waals surface area contributed by atoms with Gasteiger partial charge in [-0.3, -0.25) is 9.59 Å². The Bertz CT molecular complexity index is 983. The van der Waals surface area contributed by atoms with Gasteiger partial charge in [-0.25, -0.2) is 0 Å². The first-order valence-corrected chi connectivity index (χ1v) is 31.4. The monoisotopic (exact) mass is 961 g/mol. The van der Waals surface area contributed by atoms with E-state index in [1.807, 2.05) is 0 Å². The molecule has 0 saturated heterocycles. The van der Waals surface area contributed by atoms with Gasteiger partial charge in [-0.2, -0.15) is 0 Å². The molecule has 0 heterocycles. The summed E-state index contributed by atoms with van der Waals surface area (Å²) in [6.45, 7) is 6.51. The number of rotatable bonds is 60. The van der Waals surface area contributed by atoms with Crippen molar-refractivity contribution in [2.75, 3.05) is 13.2 Å². The molecule has 0 bridgehead atoms. The molecule has 0 radical (unpaired) electrons. The average molecular weight is 962 g/mol. The number of carbonyl (C=O) groups excluding carboxylic acids is 2. The molecule has 0 saturated carbocycles. The summed E-state index contributed by atoms with van der Waals surface area (Å²) in [5, 5.41) is 19.9. The van der Waals surface area contributed by atoms with Gasteiger partial charge in [0.15, 0.2) is 0 Å². The maximum atomic E-state index is 14.0. The highest BCUT2D eigenvalue weighted by atomic mass is 16.5. The molecule has 0 aliphatic carbocycles. The molecule has 3 atom stereocenters. The van der Waals surface area contributed by atoms with E-state index in [1.54, 1.807) is 0 Å². The first-order chi connectivity index (χ1) is 33.5. The highest BCUT2D eigenvalue weighted by Gasteiger charge is 2.31. The Labute approximate surface area is 426 Å². The summed E-state index contributed by atoms with van der Waals surface area (Å²) in [4.78, 5) is 27.6. The number of carbonyl (C=O) groups is 2. The maximum absolute atomic E-state index is 14.0. The third-order valence-electron chi connectivity index (χ3n) is 15.2. The van der Waals surface area contributed by atoms with Gasteiger partial charge in [0, 0.05) is 19.3 Å². The first kappa shape index (κ1) is 67.2. The molecule has 0 aromatic rings. The fourth-order valence-electron chi connectivity index (χ4n) is 10.5. The average Bonchev–Trinajstić information content (AvgIpc) is 3.34. The van der Waals surface area contributed by atoms with Gasteiger partial charge < -0.3 is 14.9 Å². The normalized spacial score (nSPS) is 13.1. The third kappa shape index (κ3) is 50.2. The summed E-state index contributed by atoms with van der Waals surface area (Å²) < 4.78 is 6.29. The van der Waals surface area contributed by atoms with E-state index >= 15 is 0 Å². The standard InChI is InChI=1S/C63H124O5/c1-4-7-10-13-16-19-22-25-28-30-33-35-38-41-44-47-50-53-59(65)56-61(62(67)54-51-48-45-42-39-36-34-31-29-26-23-20-17-14-11-8-5-2)63(68-58-60(66)57-64)55-52-49-46-43-40-37-32-27-24-21-18-15-12-9-6-3/h60-61,63-64,66H,4-58H2,1-3H3. The number of ketones is 2. The van der Waals surface area contributed by atoms with Gasteiger partial charge in [0.05, 0.1) is 25.2 Å². The lowest BCUT2D eigenvalue weighted by molar-refractivity contribution is -0.135. The topological polar surface area (TPSA) is 83.8 Å².